The lowest BCUT2D eigenvalue weighted by Gasteiger charge is -2.19. The van der Waals surface area contributed by atoms with Gasteiger partial charge in [0.2, 0.25) is 5.91 Å². The summed E-state index contributed by atoms with van der Waals surface area (Å²) in [6.07, 6.45) is 0.225. The number of hydrogen-bond acceptors (Lipinski definition) is 4. The van der Waals surface area contributed by atoms with E-state index in [4.69, 9.17) is 14.5 Å². The Balaban J connectivity index is 1.50. The summed E-state index contributed by atoms with van der Waals surface area (Å²) in [5.41, 5.74) is 5.53. The van der Waals surface area contributed by atoms with Gasteiger partial charge in [0.25, 0.3) is 0 Å². The molecule has 0 spiro atoms. The van der Waals surface area contributed by atoms with Crippen LogP contribution in [0.2, 0.25) is 0 Å². The number of aryl methyl sites for hydroxylation is 1. The lowest BCUT2D eigenvalue weighted by molar-refractivity contribution is -0.115. The van der Waals surface area contributed by atoms with Gasteiger partial charge in [0.15, 0.2) is 11.5 Å². The van der Waals surface area contributed by atoms with E-state index in [9.17, 15) is 4.79 Å². The molecule has 1 N–H and O–H groups in total. The highest BCUT2D eigenvalue weighted by Crippen LogP contribution is 2.35. The highest BCUT2D eigenvalue weighted by molar-refractivity contribution is 6.00. The number of carbonyl (C=O) groups is 1. The summed E-state index contributed by atoms with van der Waals surface area (Å²) in [7, 11) is 0. The van der Waals surface area contributed by atoms with E-state index in [0.29, 0.717) is 30.4 Å². The van der Waals surface area contributed by atoms with E-state index in [0.717, 1.165) is 33.3 Å². The van der Waals surface area contributed by atoms with E-state index in [1.165, 1.54) is 0 Å². The maximum Gasteiger partial charge on any atom is 0.228 e. The Morgan fingerprint density at radius 3 is 2.52 bits per heavy atom. The minimum absolute atomic E-state index is 0.103. The zero-order chi connectivity index (χ0) is 21.2. The molecule has 5 nitrogen and oxygen atoms in total. The maximum absolute atomic E-state index is 13.0. The zero-order valence-corrected chi connectivity index (χ0v) is 17.2. The Morgan fingerprint density at radius 2 is 1.68 bits per heavy atom. The van der Waals surface area contributed by atoms with Crippen molar-refractivity contribution in [2.75, 3.05) is 18.5 Å². The number of benzene rings is 3. The summed E-state index contributed by atoms with van der Waals surface area (Å²) in [5, 5.41) is 4.04. The molecule has 0 unspecified atom stereocenters. The summed E-state index contributed by atoms with van der Waals surface area (Å²) in [4.78, 5) is 17.8. The third kappa shape index (κ3) is 3.82. The van der Waals surface area contributed by atoms with Crippen molar-refractivity contribution < 1.29 is 14.3 Å². The van der Waals surface area contributed by atoms with Crippen molar-refractivity contribution in [2.45, 2.75) is 13.3 Å². The Hall–Kier alpha value is -3.86. The summed E-state index contributed by atoms with van der Waals surface area (Å²) >= 11 is 0. The largest absolute Gasteiger partial charge is 0.486 e. The first-order valence-electron chi connectivity index (χ1n) is 10.3. The molecule has 0 radical (unpaired) electrons. The van der Waals surface area contributed by atoms with Crippen LogP contribution in [-0.2, 0) is 11.2 Å². The SMILES string of the molecule is Cc1nc2ccccc2c(-c2ccccc2)c1CC(=O)Nc1ccc2c(c1)OCCO2. The summed E-state index contributed by atoms with van der Waals surface area (Å²) in [6.45, 7) is 3.01. The monoisotopic (exact) mass is 410 g/mol. The van der Waals surface area contributed by atoms with Gasteiger partial charge in [0, 0.05) is 22.8 Å². The zero-order valence-electron chi connectivity index (χ0n) is 17.2. The number of hydrogen-bond donors (Lipinski definition) is 1. The third-order valence-corrected chi connectivity index (χ3v) is 5.43. The van der Waals surface area contributed by atoms with E-state index in [1.807, 2.05) is 55.5 Å². The number of amides is 1. The minimum atomic E-state index is -0.103. The maximum atomic E-state index is 13.0. The molecule has 3 aromatic carbocycles. The van der Waals surface area contributed by atoms with Crippen molar-refractivity contribution in [1.82, 2.24) is 4.98 Å². The minimum Gasteiger partial charge on any atom is -0.486 e. The molecule has 1 amide bonds. The van der Waals surface area contributed by atoms with Crippen LogP contribution in [0.25, 0.3) is 22.0 Å². The number of nitrogens with zero attached hydrogens (tertiary/aromatic N) is 1. The van der Waals surface area contributed by atoms with Crippen LogP contribution in [-0.4, -0.2) is 24.1 Å². The molecule has 5 rings (SSSR count). The molecule has 4 aromatic rings. The Bertz CT molecular complexity index is 1270. The van der Waals surface area contributed by atoms with Crippen LogP contribution in [0.15, 0.2) is 72.8 Å². The van der Waals surface area contributed by atoms with Crippen molar-refractivity contribution in [3.05, 3.63) is 84.1 Å². The Labute approximate surface area is 180 Å². The topological polar surface area (TPSA) is 60.5 Å². The Morgan fingerprint density at radius 1 is 0.935 bits per heavy atom. The highest BCUT2D eigenvalue weighted by atomic mass is 16.6. The van der Waals surface area contributed by atoms with Gasteiger partial charge in [-0.15, -0.1) is 0 Å². The summed E-state index contributed by atoms with van der Waals surface area (Å²) in [6, 6.07) is 23.7. The molecular weight excluding hydrogens is 388 g/mol. The first-order chi connectivity index (χ1) is 15.2. The number of anilines is 1. The molecular formula is C26H22N2O3. The van der Waals surface area contributed by atoms with Gasteiger partial charge in [-0.25, -0.2) is 0 Å². The predicted octanol–water partition coefficient (Wildman–Crippen LogP) is 5.16. The second kappa shape index (κ2) is 8.11. The van der Waals surface area contributed by atoms with Crippen molar-refractivity contribution in [3.63, 3.8) is 0 Å². The van der Waals surface area contributed by atoms with E-state index >= 15 is 0 Å². The first-order valence-corrected chi connectivity index (χ1v) is 10.3. The molecule has 1 aliphatic rings. The van der Waals surface area contributed by atoms with Gasteiger partial charge < -0.3 is 14.8 Å². The van der Waals surface area contributed by atoms with Crippen LogP contribution in [0.1, 0.15) is 11.3 Å². The molecule has 5 heteroatoms. The molecule has 0 aliphatic carbocycles. The van der Waals surface area contributed by atoms with Crippen LogP contribution in [0.3, 0.4) is 0 Å². The average Bonchev–Trinajstić information content (AvgIpc) is 2.80. The number of rotatable bonds is 4. The van der Waals surface area contributed by atoms with Gasteiger partial charge >= 0.3 is 0 Å². The number of pyridine rings is 1. The number of nitrogens with one attached hydrogen (secondary N) is 1. The van der Waals surface area contributed by atoms with E-state index in [-0.39, 0.29) is 12.3 Å². The van der Waals surface area contributed by atoms with Crippen LogP contribution in [0.4, 0.5) is 5.69 Å². The fraction of sp³-hybridized carbons (Fsp3) is 0.154. The summed E-state index contributed by atoms with van der Waals surface area (Å²) < 4.78 is 11.2. The molecule has 0 atom stereocenters. The average molecular weight is 410 g/mol. The fourth-order valence-electron chi connectivity index (χ4n) is 4.01. The molecule has 0 bridgehead atoms. The standard InChI is InChI=1S/C26H22N2O3/c1-17-21(16-25(29)28-19-11-12-23-24(15-19)31-14-13-30-23)26(18-7-3-2-4-8-18)20-9-5-6-10-22(20)27-17/h2-12,15H,13-14,16H2,1H3,(H,28,29). The molecule has 0 fully saturated rings. The van der Waals surface area contributed by atoms with Gasteiger partial charge in [-0.05, 0) is 41.8 Å². The smallest absolute Gasteiger partial charge is 0.228 e. The van der Waals surface area contributed by atoms with Crippen molar-refractivity contribution in [1.29, 1.82) is 0 Å². The molecule has 1 aromatic heterocycles. The Kier molecular flexibility index (Phi) is 5.00. The third-order valence-electron chi connectivity index (χ3n) is 5.43. The van der Waals surface area contributed by atoms with Crippen LogP contribution >= 0.6 is 0 Å². The predicted molar refractivity (Wildman–Crippen MR) is 122 cm³/mol. The number of carbonyl (C=O) groups excluding carboxylic acids is 1. The normalized spacial score (nSPS) is 12.5. The van der Waals surface area contributed by atoms with Crippen LogP contribution in [0, 0.1) is 6.92 Å². The second-order valence-corrected chi connectivity index (χ2v) is 7.52. The lowest BCUT2D eigenvalue weighted by atomic mass is 9.92. The van der Waals surface area contributed by atoms with Gasteiger partial charge in [-0.2, -0.15) is 0 Å². The van der Waals surface area contributed by atoms with Gasteiger partial charge in [-0.3, -0.25) is 9.78 Å². The van der Waals surface area contributed by atoms with Crippen molar-refractivity contribution >= 4 is 22.5 Å². The number of aromatic nitrogens is 1. The molecule has 0 saturated heterocycles. The highest BCUT2D eigenvalue weighted by Gasteiger charge is 2.18. The van der Waals surface area contributed by atoms with Crippen LogP contribution in [0.5, 0.6) is 11.5 Å². The van der Waals surface area contributed by atoms with Crippen molar-refractivity contribution in [2.24, 2.45) is 0 Å². The van der Waals surface area contributed by atoms with Crippen molar-refractivity contribution in [3.8, 4) is 22.6 Å². The number of ether oxygens (including phenoxy) is 2. The summed E-state index contributed by atoms with van der Waals surface area (Å²) in [5.74, 6) is 1.25. The molecule has 0 saturated carbocycles. The second-order valence-electron chi connectivity index (χ2n) is 7.52. The molecule has 31 heavy (non-hydrogen) atoms. The van der Waals surface area contributed by atoms with Gasteiger partial charge in [0.05, 0.1) is 11.9 Å². The molecule has 1 aliphatic heterocycles. The van der Waals surface area contributed by atoms with E-state index in [2.05, 4.69) is 23.5 Å². The molecule has 154 valence electrons. The van der Waals surface area contributed by atoms with Gasteiger partial charge in [0.1, 0.15) is 13.2 Å². The number of para-hydroxylation sites is 1. The van der Waals surface area contributed by atoms with E-state index in [1.54, 1.807) is 6.07 Å². The number of fused-ring (bicyclic) bond motifs is 2. The first kappa shape index (κ1) is 19.1. The quantitative estimate of drug-likeness (QED) is 0.505. The fourth-order valence-corrected chi connectivity index (χ4v) is 4.01. The van der Waals surface area contributed by atoms with Crippen LogP contribution < -0.4 is 14.8 Å². The lowest BCUT2D eigenvalue weighted by Crippen LogP contribution is -2.18. The molecule has 2 heterocycles. The van der Waals surface area contributed by atoms with Gasteiger partial charge in [-0.1, -0.05) is 48.5 Å². The van der Waals surface area contributed by atoms with E-state index < -0.39 is 0 Å².